The Kier molecular flexibility index (Phi) is 4.80. The first-order chi connectivity index (χ1) is 10.4. The molecular formula is C17H20N2OS. The van der Waals surface area contributed by atoms with Crippen molar-refractivity contribution in [2.45, 2.75) is 9.79 Å². The standard InChI is InChI=1S/C17H20N2OS/c1-20-13-11-18-10-12-19-14-6-2-4-8-16(14)21-17-9-5-3-7-15(17)19/h2-9,18H,10-13H2,1H3. The molecule has 0 atom stereocenters. The summed E-state index contributed by atoms with van der Waals surface area (Å²) in [4.78, 5) is 5.06. The molecule has 21 heavy (non-hydrogen) atoms. The Bertz CT molecular complexity index is 557. The Hall–Kier alpha value is -1.49. The van der Waals surface area contributed by atoms with Gasteiger partial charge >= 0.3 is 0 Å². The van der Waals surface area contributed by atoms with Crippen molar-refractivity contribution in [1.82, 2.24) is 5.32 Å². The number of anilines is 2. The van der Waals surface area contributed by atoms with E-state index >= 15 is 0 Å². The molecule has 1 aliphatic rings. The van der Waals surface area contributed by atoms with Crippen LogP contribution in [0.2, 0.25) is 0 Å². The summed E-state index contributed by atoms with van der Waals surface area (Å²) >= 11 is 1.85. The maximum atomic E-state index is 5.07. The quantitative estimate of drug-likeness (QED) is 0.825. The molecule has 0 radical (unpaired) electrons. The molecule has 3 nitrogen and oxygen atoms in total. The fourth-order valence-electron chi connectivity index (χ4n) is 2.51. The lowest BCUT2D eigenvalue weighted by molar-refractivity contribution is 0.200. The lowest BCUT2D eigenvalue weighted by atomic mass is 10.2. The minimum Gasteiger partial charge on any atom is -0.383 e. The molecule has 0 unspecified atom stereocenters. The Morgan fingerprint density at radius 1 is 0.952 bits per heavy atom. The summed E-state index contributed by atoms with van der Waals surface area (Å²) < 4.78 is 5.07. The minimum atomic E-state index is 0.753. The fourth-order valence-corrected chi connectivity index (χ4v) is 3.61. The number of hydrogen-bond acceptors (Lipinski definition) is 4. The molecule has 0 aromatic heterocycles. The largest absolute Gasteiger partial charge is 0.383 e. The first-order valence-electron chi connectivity index (χ1n) is 7.23. The van der Waals surface area contributed by atoms with Gasteiger partial charge in [0.05, 0.1) is 18.0 Å². The van der Waals surface area contributed by atoms with Gasteiger partial charge in [-0.2, -0.15) is 0 Å². The molecule has 0 fully saturated rings. The van der Waals surface area contributed by atoms with E-state index in [1.807, 2.05) is 11.8 Å². The van der Waals surface area contributed by atoms with Gasteiger partial charge in [-0.3, -0.25) is 0 Å². The third kappa shape index (κ3) is 3.23. The van der Waals surface area contributed by atoms with Crippen molar-refractivity contribution in [1.29, 1.82) is 0 Å². The van der Waals surface area contributed by atoms with E-state index in [2.05, 4.69) is 58.7 Å². The normalized spacial score (nSPS) is 12.9. The zero-order chi connectivity index (χ0) is 14.5. The molecule has 110 valence electrons. The number of nitrogens with zero attached hydrogens (tertiary/aromatic N) is 1. The summed E-state index contributed by atoms with van der Waals surface area (Å²) in [6.45, 7) is 3.54. The van der Waals surface area contributed by atoms with Gasteiger partial charge in [0, 0.05) is 36.5 Å². The second kappa shape index (κ2) is 6.98. The molecule has 0 saturated heterocycles. The van der Waals surface area contributed by atoms with Crippen molar-refractivity contribution in [2.75, 3.05) is 38.3 Å². The molecule has 0 saturated carbocycles. The van der Waals surface area contributed by atoms with Crippen molar-refractivity contribution in [2.24, 2.45) is 0 Å². The molecule has 3 rings (SSSR count). The summed E-state index contributed by atoms with van der Waals surface area (Å²) in [5, 5.41) is 3.42. The van der Waals surface area contributed by atoms with Gasteiger partial charge in [-0.05, 0) is 24.3 Å². The highest BCUT2D eigenvalue weighted by atomic mass is 32.2. The summed E-state index contributed by atoms with van der Waals surface area (Å²) in [6, 6.07) is 17.2. The smallest absolute Gasteiger partial charge is 0.0587 e. The molecule has 1 N–H and O–H groups in total. The first kappa shape index (κ1) is 14.4. The number of fused-ring (bicyclic) bond motifs is 2. The summed E-state index contributed by atoms with van der Waals surface area (Å²) in [6.07, 6.45) is 0. The van der Waals surface area contributed by atoms with Crippen molar-refractivity contribution < 1.29 is 4.74 Å². The zero-order valence-electron chi connectivity index (χ0n) is 12.2. The monoisotopic (exact) mass is 300 g/mol. The number of hydrogen-bond donors (Lipinski definition) is 1. The summed E-state index contributed by atoms with van der Waals surface area (Å²) in [5.74, 6) is 0. The second-order valence-electron chi connectivity index (χ2n) is 4.93. The molecule has 4 heteroatoms. The van der Waals surface area contributed by atoms with Crippen LogP contribution in [0.25, 0.3) is 0 Å². The topological polar surface area (TPSA) is 24.5 Å². The number of ether oxygens (including phenoxy) is 1. The van der Waals surface area contributed by atoms with Gasteiger partial charge in [-0.1, -0.05) is 36.0 Å². The maximum Gasteiger partial charge on any atom is 0.0587 e. The van der Waals surface area contributed by atoms with Crippen LogP contribution >= 0.6 is 11.8 Å². The van der Waals surface area contributed by atoms with Gasteiger partial charge < -0.3 is 15.0 Å². The van der Waals surface area contributed by atoms with Crippen LogP contribution in [-0.4, -0.2) is 33.4 Å². The van der Waals surface area contributed by atoms with E-state index < -0.39 is 0 Å². The number of para-hydroxylation sites is 2. The molecule has 1 aliphatic heterocycles. The predicted molar refractivity (Wildman–Crippen MR) is 88.8 cm³/mol. The average molecular weight is 300 g/mol. The van der Waals surface area contributed by atoms with E-state index in [-0.39, 0.29) is 0 Å². The molecule has 0 spiro atoms. The Morgan fingerprint density at radius 2 is 1.57 bits per heavy atom. The Labute approximate surface area is 130 Å². The van der Waals surface area contributed by atoms with Gasteiger partial charge in [0.25, 0.3) is 0 Å². The Morgan fingerprint density at radius 3 is 2.19 bits per heavy atom. The SMILES string of the molecule is COCCNCCN1c2ccccc2Sc2ccccc21. The molecule has 0 bridgehead atoms. The van der Waals surface area contributed by atoms with Crippen molar-refractivity contribution in [3.05, 3.63) is 48.5 Å². The van der Waals surface area contributed by atoms with Gasteiger partial charge in [0.2, 0.25) is 0 Å². The molecular weight excluding hydrogens is 280 g/mol. The van der Waals surface area contributed by atoms with Crippen LogP contribution in [0.1, 0.15) is 0 Å². The van der Waals surface area contributed by atoms with Crippen molar-refractivity contribution in [3.8, 4) is 0 Å². The third-order valence-electron chi connectivity index (χ3n) is 3.53. The van der Waals surface area contributed by atoms with E-state index in [0.717, 1.165) is 26.2 Å². The predicted octanol–water partition coefficient (Wildman–Crippen LogP) is 3.53. The van der Waals surface area contributed by atoms with E-state index in [1.165, 1.54) is 21.2 Å². The highest BCUT2D eigenvalue weighted by molar-refractivity contribution is 7.99. The van der Waals surface area contributed by atoms with Crippen LogP contribution < -0.4 is 10.2 Å². The van der Waals surface area contributed by atoms with Crippen LogP contribution in [0.4, 0.5) is 11.4 Å². The van der Waals surface area contributed by atoms with Crippen molar-refractivity contribution >= 4 is 23.1 Å². The minimum absolute atomic E-state index is 0.753. The van der Waals surface area contributed by atoms with Crippen LogP contribution in [0, 0.1) is 0 Å². The molecule has 2 aromatic carbocycles. The zero-order valence-corrected chi connectivity index (χ0v) is 13.0. The van der Waals surface area contributed by atoms with E-state index in [0.29, 0.717) is 0 Å². The number of methoxy groups -OCH3 is 1. The first-order valence-corrected chi connectivity index (χ1v) is 8.05. The van der Waals surface area contributed by atoms with Crippen LogP contribution in [0.15, 0.2) is 58.3 Å². The molecule has 0 amide bonds. The summed E-state index contributed by atoms with van der Waals surface area (Å²) in [5.41, 5.74) is 2.60. The number of rotatable bonds is 6. The number of nitrogens with one attached hydrogen (secondary N) is 1. The van der Waals surface area contributed by atoms with Crippen LogP contribution in [-0.2, 0) is 4.74 Å². The van der Waals surface area contributed by atoms with Gasteiger partial charge in [-0.15, -0.1) is 0 Å². The second-order valence-corrected chi connectivity index (χ2v) is 6.02. The molecule has 2 aromatic rings. The Balaban J connectivity index is 1.78. The fraction of sp³-hybridized carbons (Fsp3) is 0.294. The van der Waals surface area contributed by atoms with E-state index in [4.69, 9.17) is 4.74 Å². The number of benzene rings is 2. The van der Waals surface area contributed by atoms with Gasteiger partial charge in [0.1, 0.15) is 0 Å². The lowest BCUT2D eigenvalue weighted by Crippen LogP contribution is -2.31. The van der Waals surface area contributed by atoms with Crippen molar-refractivity contribution in [3.63, 3.8) is 0 Å². The maximum absolute atomic E-state index is 5.07. The highest BCUT2D eigenvalue weighted by Crippen LogP contribution is 2.47. The van der Waals surface area contributed by atoms with Gasteiger partial charge in [-0.25, -0.2) is 0 Å². The third-order valence-corrected chi connectivity index (χ3v) is 4.66. The molecule has 1 heterocycles. The van der Waals surface area contributed by atoms with Crippen LogP contribution in [0.5, 0.6) is 0 Å². The summed E-state index contributed by atoms with van der Waals surface area (Å²) in [7, 11) is 1.73. The lowest BCUT2D eigenvalue weighted by Gasteiger charge is -2.32. The molecule has 0 aliphatic carbocycles. The van der Waals surface area contributed by atoms with E-state index in [9.17, 15) is 0 Å². The van der Waals surface area contributed by atoms with Crippen LogP contribution in [0.3, 0.4) is 0 Å². The highest BCUT2D eigenvalue weighted by Gasteiger charge is 2.21. The van der Waals surface area contributed by atoms with E-state index in [1.54, 1.807) is 7.11 Å². The average Bonchev–Trinajstić information content (AvgIpc) is 2.53. The van der Waals surface area contributed by atoms with Gasteiger partial charge in [0.15, 0.2) is 0 Å².